The zero-order valence-corrected chi connectivity index (χ0v) is 16.7. The molecule has 2 aromatic heterocycles. The lowest BCUT2D eigenvalue weighted by Gasteiger charge is -2.20. The van der Waals surface area contributed by atoms with E-state index in [1.807, 2.05) is 0 Å². The third-order valence-electron chi connectivity index (χ3n) is 4.82. The van der Waals surface area contributed by atoms with E-state index >= 15 is 0 Å². The van der Waals surface area contributed by atoms with Gasteiger partial charge in [0.25, 0.3) is 0 Å². The molecule has 28 heavy (non-hydrogen) atoms. The fraction of sp³-hybridized carbons (Fsp3) is 0.444. The van der Waals surface area contributed by atoms with Crippen molar-refractivity contribution in [3.63, 3.8) is 0 Å². The monoisotopic (exact) mass is 423 g/mol. The molecule has 2 heterocycles. The molecule has 0 aliphatic heterocycles. The number of rotatable bonds is 8. The molecule has 1 fully saturated rings. The van der Waals surface area contributed by atoms with Crippen LogP contribution in [0.2, 0.25) is 0 Å². The van der Waals surface area contributed by atoms with Gasteiger partial charge in [-0.15, -0.1) is 11.3 Å². The maximum absolute atomic E-state index is 12.9. The first-order valence-corrected chi connectivity index (χ1v) is 11.5. The molecule has 1 aliphatic rings. The summed E-state index contributed by atoms with van der Waals surface area (Å²) in [5.74, 6) is -2.70. The SMILES string of the molecule is O=C(O)CS(=O)(=O)c1ccc(C(CC2CCCC2)C(=O)Nc2nccs2)cn1. The summed E-state index contributed by atoms with van der Waals surface area (Å²) in [5, 5.41) is 13.5. The number of thiazole rings is 1. The van der Waals surface area contributed by atoms with Gasteiger partial charge in [-0.3, -0.25) is 9.59 Å². The Morgan fingerprint density at radius 1 is 1.25 bits per heavy atom. The number of anilines is 1. The van der Waals surface area contributed by atoms with Crippen molar-refractivity contribution in [3.05, 3.63) is 35.5 Å². The van der Waals surface area contributed by atoms with Gasteiger partial charge in [0.1, 0.15) is 0 Å². The molecule has 0 spiro atoms. The highest BCUT2D eigenvalue weighted by Crippen LogP contribution is 2.35. The second-order valence-corrected chi connectivity index (χ2v) is 9.68. The average molecular weight is 424 g/mol. The Kier molecular flexibility index (Phi) is 6.40. The zero-order chi connectivity index (χ0) is 20.1. The fourth-order valence-electron chi connectivity index (χ4n) is 3.47. The minimum atomic E-state index is -4.01. The van der Waals surface area contributed by atoms with E-state index in [0.29, 0.717) is 23.0 Å². The number of amides is 1. The van der Waals surface area contributed by atoms with E-state index < -0.39 is 27.5 Å². The minimum Gasteiger partial charge on any atom is -0.480 e. The van der Waals surface area contributed by atoms with Crippen molar-refractivity contribution >= 4 is 38.2 Å². The van der Waals surface area contributed by atoms with Crippen molar-refractivity contribution in [1.29, 1.82) is 0 Å². The van der Waals surface area contributed by atoms with Gasteiger partial charge < -0.3 is 10.4 Å². The number of aliphatic carboxylic acids is 1. The maximum atomic E-state index is 12.9. The Labute approximate surface area is 167 Å². The van der Waals surface area contributed by atoms with Crippen LogP contribution in [-0.4, -0.2) is 41.1 Å². The number of nitrogens with zero attached hydrogens (tertiary/aromatic N) is 2. The first kappa shape index (κ1) is 20.4. The van der Waals surface area contributed by atoms with E-state index in [-0.39, 0.29) is 10.9 Å². The molecule has 2 aromatic rings. The Morgan fingerprint density at radius 3 is 2.57 bits per heavy atom. The normalized spacial score (nSPS) is 16.0. The number of pyridine rings is 1. The summed E-state index contributed by atoms with van der Waals surface area (Å²) in [6.07, 6.45) is 8.05. The minimum absolute atomic E-state index is 0.204. The molecule has 3 rings (SSSR count). The van der Waals surface area contributed by atoms with Crippen LogP contribution in [0.1, 0.15) is 43.6 Å². The number of aromatic nitrogens is 2. The van der Waals surface area contributed by atoms with Gasteiger partial charge in [0.05, 0.1) is 5.92 Å². The highest BCUT2D eigenvalue weighted by atomic mass is 32.2. The molecule has 1 saturated carbocycles. The van der Waals surface area contributed by atoms with Gasteiger partial charge in [-0.2, -0.15) is 0 Å². The number of hydrogen-bond donors (Lipinski definition) is 2. The van der Waals surface area contributed by atoms with Crippen molar-refractivity contribution in [2.45, 2.75) is 43.0 Å². The Balaban J connectivity index is 1.82. The lowest BCUT2D eigenvalue weighted by molar-refractivity contribution is -0.134. The molecular weight excluding hydrogens is 402 g/mol. The highest BCUT2D eigenvalue weighted by molar-refractivity contribution is 7.92. The fourth-order valence-corrected chi connectivity index (χ4v) is 4.96. The van der Waals surface area contributed by atoms with Gasteiger partial charge in [-0.1, -0.05) is 31.7 Å². The molecular formula is C18H21N3O5S2. The quantitative estimate of drug-likeness (QED) is 0.668. The number of carbonyl (C=O) groups excluding carboxylic acids is 1. The molecule has 8 nitrogen and oxygen atoms in total. The summed E-state index contributed by atoms with van der Waals surface area (Å²) < 4.78 is 24.0. The van der Waals surface area contributed by atoms with E-state index in [0.717, 1.165) is 25.7 Å². The molecule has 1 unspecified atom stereocenters. The number of carboxylic acid groups (broad SMARTS) is 1. The van der Waals surface area contributed by atoms with Crippen LogP contribution < -0.4 is 5.32 Å². The van der Waals surface area contributed by atoms with Crippen LogP contribution in [0.4, 0.5) is 5.13 Å². The van der Waals surface area contributed by atoms with Gasteiger partial charge in [-0.25, -0.2) is 18.4 Å². The molecule has 0 saturated heterocycles. The van der Waals surface area contributed by atoms with Gasteiger partial charge in [0.15, 0.2) is 15.9 Å². The van der Waals surface area contributed by atoms with Crippen molar-refractivity contribution in [2.24, 2.45) is 5.92 Å². The van der Waals surface area contributed by atoms with Gasteiger partial charge in [0, 0.05) is 17.8 Å². The molecule has 0 bridgehead atoms. The number of carbonyl (C=O) groups is 2. The van der Waals surface area contributed by atoms with E-state index in [9.17, 15) is 18.0 Å². The standard InChI is InChI=1S/C18H21N3O5S2/c22-16(23)11-28(25,26)15-6-5-13(10-20-15)14(9-12-3-1-2-4-12)17(24)21-18-19-7-8-27-18/h5-8,10,12,14H,1-4,9,11H2,(H,22,23)(H,19,21,24). The first-order valence-electron chi connectivity index (χ1n) is 8.96. The van der Waals surface area contributed by atoms with Crippen LogP contribution in [0, 0.1) is 5.92 Å². The summed E-state index contributed by atoms with van der Waals surface area (Å²) in [6, 6.07) is 2.81. The molecule has 0 aromatic carbocycles. The lowest BCUT2D eigenvalue weighted by Crippen LogP contribution is -2.23. The molecule has 10 heteroatoms. The second kappa shape index (κ2) is 8.78. The largest absolute Gasteiger partial charge is 0.480 e. The number of nitrogens with one attached hydrogen (secondary N) is 1. The van der Waals surface area contributed by atoms with Crippen LogP contribution in [0.25, 0.3) is 0 Å². The van der Waals surface area contributed by atoms with Crippen LogP contribution >= 0.6 is 11.3 Å². The number of sulfone groups is 1. The number of carboxylic acids is 1. The van der Waals surface area contributed by atoms with Crippen LogP contribution in [0.3, 0.4) is 0 Å². The zero-order valence-electron chi connectivity index (χ0n) is 15.1. The van der Waals surface area contributed by atoms with Crippen LogP contribution in [0.5, 0.6) is 0 Å². The second-order valence-electron chi connectivity index (χ2n) is 6.85. The number of hydrogen-bond acceptors (Lipinski definition) is 7. The third kappa shape index (κ3) is 5.14. The highest BCUT2D eigenvalue weighted by Gasteiger charge is 2.28. The molecule has 2 N–H and O–H groups in total. The predicted octanol–water partition coefficient (Wildman–Crippen LogP) is 2.70. The lowest BCUT2D eigenvalue weighted by atomic mass is 9.88. The van der Waals surface area contributed by atoms with E-state index in [2.05, 4.69) is 15.3 Å². The van der Waals surface area contributed by atoms with E-state index in [4.69, 9.17) is 5.11 Å². The van der Waals surface area contributed by atoms with Crippen molar-refractivity contribution in [2.75, 3.05) is 11.1 Å². The molecule has 0 radical (unpaired) electrons. The van der Waals surface area contributed by atoms with Crippen molar-refractivity contribution in [3.8, 4) is 0 Å². The molecule has 1 amide bonds. The van der Waals surface area contributed by atoms with Crippen molar-refractivity contribution < 1.29 is 23.1 Å². The van der Waals surface area contributed by atoms with Crippen LogP contribution in [0.15, 0.2) is 34.9 Å². The predicted molar refractivity (Wildman–Crippen MR) is 104 cm³/mol. The topological polar surface area (TPSA) is 126 Å². The summed E-state index contributed by atoms with van der Waals surface area (Å²) in [6.45, 7) is 0. The third-order valence-corrected chi connectivity index (χ3v) is 7.01. The molecule has 150 valence electrons. The summed E-state index contributed by atoms with van der Waals surface area (Å²) in [5.41, 5.74) is 0.607. The smallest absolute Gasteiger partial charge is 0.319 e. The van der Waals surface area contributed by atoms with E-state index in [1.165, 1.54) is 23.6 Å². The summed E-state index contributed by atoms with van der Waals surface area (Å²) in [4.78, 5) is 31.6. The Bertz CT molecular complexity index is 921. The summed E-state index contributed by atoms with van der Waals surface area (Å²) >= 11 is 1.32. The Hall–Kier alpha value is -2.33. The van der Waals surface area contributed by atoms with Crippen LogP contribution in [-0.2, 0) is 19.4 Å². The molecule has 1 aliphatic carbocycles. The Morgan fingerprint density at radius 2 is 2.00 bits per heavy atom. The average Bonchev–Trinajstić information content (AvgIpc) is 3.32. The first-order chi connectivity index (χ1) is 13.3. The summed E-state index contributed by atoms with van der Waals surface area (Å²) in [7, 11) is -4.01. The van der Waals surface area contributed by atoms with Gasteiger partial charge in [0.2, 0.25) is 15.7 Å². The molecule has 1 atom stereocenters. The van der Waals surface area contributed by atoms with Gasteiger partial charge >= 0.3 is 5.97 Å². The van der Waals surface area contributed by atoms with Crippen molar-refractivity contribution in [1.82, 2.24) is 9.97 Å². The van der Waals surface area contributed by atoms with Gasteiger partial charge in [-0.05, 0) is 24.0 Å². The maximum Gasteiger partial charge on any atom is 0.319 e. The van der Waals surface area contributed by atoms with E-state index in [1.54, 1.807) is 17.6 Å².